The van der Waals surface area contributed by atoms with Crippen LogP contribution in [0.5, 0.6) is 0 Å². The number of rotatable bonds is 1. The summed E-state index contributed by atoms with van der Waals surface area (Å²) in [7, 11) is 0. The van der Waals surface area contributed by atoms with Gasteiger partial charge in [0.1, 0.15) is 0 Å². The molecule has 19 heavy (non-hydrogen) atoms. The number of allylic oxidation sites excluding steroid dienone is 1. The van der Waals surface area contributed by atoms with Crippen molar-refractivity contribution >= 4 is 23.0 Å². The highest BCUT2D eigenvalue weighted by Gasteiger charge is 2.46. The maximum Gasteiger partial charge on any atom is 0.300 e. The molecule has 0 radical (unpaired) electrons. The van der Waals surface area contributed by atoms with Crippen molar-refractivity contribution in [2.75, 3.05) is 4.90 Å². The summed E-state index contributed by atoms with van der Waals surface area (Å²) >= 11 is 0. The summed E-state index contributed by atoms with van der Waals surface area (Å²) in [4.78, 5) is 26.1. The van der Waals surface area contributed by atoms with Crippen LogP contribution in [0.2, 0.25) is 0 Å². The Kier molecular flexibility index (Phi) is 2.28. The molecule has 0 fully saturated rings. The van der Waals surface area contributed by atoms with E-state index in [4.69, 9.17) is 0 Å². The van der Waals surface area contributed by atoms with Gasteiger partial charge in [-0.2, -0.15) is 0 Å². The molecule has 0 aromatic heterocycles. The van der Waals surface area contributed by atoms with Gasteiger partial charge in [-0.05, 0) is 50.5 Å². The SMILES string of the molecule is CCc1cc2c3c(c1)C(C)=CC(C)(C)N3C(=O)C2=O. The highest BCUT2D eigenvalue weighted by molar-refractivity contribution is 6.53. The van der Waals surface area contributed by atoms with Crippen LogP contribution in [0.1, 0.15) is 49.2 Å². The first-order chi connectivity index (χ1) is 8.86. The summed E-state index contributed by atoms with van der Waals surface area (Å²) < 4.78 is 0. The Morgan fingerprint density at radius 1 is 1.16 bits per heavy atom. The molecule has 3 heteroatoms. The van der Waals surface area contributed by atoms with E-state index in [1.54, 1.807) is 4.90 Å². The van der Waals surface area contributed by atoms with Gasteiger partial charge >= 0.3 is 0 Å². The molecule has 3 nitrogen and oxygen atoms in total. The summed E-state index contributed by atoms with van der Waals surface area (Å²) in [6, 6.07) is 3.96. The summed E-state index contributed by atoms with van der Waals surface area (Å²) in [6.45, 7) is 8.03. The molecule has 2 aliphatic heterocycles. The van der Waals surface area contributed by atoms with Crippen LogP contribution in [0.4, 0.5) is 5.69 Å². The van der Waals surface area contributed by atoms with Crippen LogP contribution in [0.25, 0.3) is 5.57 Å². The van der Waals surface area contributed by atoms with Gasteiger partial charge in [-0.25, -0.2) is 0 Å². The van der Waals surface area contributed by atoms with Crippen molar-refractivity contribution in [3.63, 3.8) is 0 Å². The largest absolute Gasteiger partial charge is 0.300 e. The summed E-state index contributed by atoms with van der Waals surface area (Å²) in [6.07, 6.45) is 2.92. The van der Waals surface area contributed by atoms with Crippen LogP contribution in [0.15, 0.2) is 18.2 Å². The standard InChI is InChI=1S/C16H17NO2/c1-5-10-6-11-9(2)8-16(3,4)17-13(11)12(7-10)14(18)15(17)19/h6-8H,5H2,1-4H3. The first kappa shape index (κ1) is 12.2. The zero-order valence-corrected chi connectivity index (χ0v) is 11.7. The molecular weight excluding hydrogens is 238 g/mol. The number of benzene rings is 1. The Balaban J connectivity index is 2.39. The van der Waals surface area contributed by atoms with Gasteiger partial charge in [0.2, 0.25) is 0 Å². The number of hydrogen-bond acceptors (Lipinski definition) is 2. The minimum atomic E-state index is -0.442. The topological polar surface area (TPSA) is 37.4 Å². The molecule has 2 heterocycles. The van der Waals surface area contributed by atoms with Gasteiger partial charge < -0.3 is 0 Å². The van der Waals surface area contributed by atoms with Crippen LogP contribution in [-0.2, 0) is 11.2 Å². The van der Waals surface area contributed by atoms with E-state index in [9.17, 15) is 9.59 Å². The molecule has 1 aromatic rings. The highest BCUT2D eigenvalue weighted by Crippen LogP contribution is 2.45. The first-order valence-corrected chi connectivity index (χ1v) is 6.62. The lowest BCUT2D eigenvalue weighted by Crippen LogP contribution is -2.47. The molecule has 0 saturated heterocycles. The molecular formula is C16H17NO2. The quantitative estimate of drug-likeness (QED) is 0.723. The van der Waals surface area contributed by atoms with E-state index < -0.39 is 11.4 Å². The average Bonchev–Trinajstić information content (AvgIpc) is 2.60. The molecule has 0 unspecified atom stereocenters. The second kappa shape index (κ2) is 3.56. The number of carbonyl (C=O) groups excluding carboxylic acids is 2. The second-order valence-corrected chi connectivity index (χ2v) is 5.84. The summed E-state index contributed by atoms with van der Waals surface area (Å²) in [5, 5.41) is 0. The van der Waals surface area contributed by atoms with Gasteiger partial charge in [0.05, 0.1) is 16.8 Å². The smallest absolute Gasteiger partial charge is 0.295 e. The van der Waals surface area contributed by atoms with Gasteiger partial charge in [-0.1, -0.05) is 13.0 Å². The zero-order chi connectivity index (χ0) is 13.9. The maximum absolute atomic E-state index is 12.2. The lowest BCUT2D eigenvalue weighted by Gasteiger charge is -2.38. The number of Topliss-reactive ketones (excluding diaryl/α,β-unsaturated/α-hetero) is 1. The van der Waals surface area contributed by atoms with Crippen LogP contribution in [0.3, 0.4) is 0 Å². The molecule has 1 aromatic carbocycles. The Bertz CT molecular complexity index is 653. The Morgan fingerprint density at radius 2 is 1.79 bits per heavy atom. The van der Waals surface area contributed by atoms with Gasteiger partial charge in [0.25, 0.3) is 11.7 Å². The number of ketones is 1. The van der Waals surface area contributed by atoms with Crippen LogP contribution < -0.4 is 4.90 Å². The lowest BCUT2D eigenvalue weighted by atomic mass is 9.88. The van der Waals surface area contributed by atoms with E-state index in [1.807, 2.05) is 26.8 Å². The highest BCUT2D eigenvalue weighted by atomic mass is 16.2. The maximum atomic E-state index is 12.2. The van der Waals surface area contributed by atoms with Crippen molar-refractivity contribution in [2.45, 2.75) is 39.7 Å². The fraction of sp³-hybridized carbons (Fsp3) is 0.375. The number of amides is 1. The predicted molar refractivity (Wildman–Crippen MR) is 75.4 cm³/mol. The zero-order valence-electron chi connectivity index (χ0n) is 11.7. The van der Waals surface area contributed by atoms with E-state index in [0.29, 0.717) is 5.56 Å². The third-order valence-electron chi connectivity index (χ3n) is 4.01. The van der Waals surface area contributed by atoms with E-state index in [2.05, 4.69) is 19.1 Å². The van der Waals surface area contributed by atoms with Crippen LogP contribution in [0, 0.1) is 0 Å². The minimum Gasteiger partial charge on any atom is -0.295 e. The van der Waals surface area contributed by atoms with E-state index in [1.165, 1.54) is 0 Å². The molecule has 0 aliphatic carbocycles. The van der Waals surface area contributed by atoms with E-state index >= 15 is 0 Å². The van der Waals surface area contributed by atoms with Crippen molar-refractivity contribution in [2.24, 2.45) is 0 Å². The normalized spacial score (nSPS) is 19.6. The number of anilines is 1. The van der Waals surface area contributed by atoms with Crippen molar-refractivity contribution in [3.05, 3.63) is 34.9 Å². The summed E-state index contributed by atoms with van der Waals surface area (Å²) in [5.74, 6) is -0.777. The van der Waals surface area contributed by atoms with E-state index in [-0.39, 0.29) is 5.78 Å². The van der Waals surface area contributed by atoms with Crippen molar-refractivity contribution in [1.82, 2.24) is 0 Å². The van der Waals surface area contributed by atoms with Gasteiger partial charge in [-0.3, -0.25) is 14.5 Å². The Hall–Kier alpha value is -1.90. The monoisotopic (exact) mass is 255 g/mol. The molecule has 3 rings (SSSR count). The second-order valence-electron chi connectivity index (χ2n) is 5.84. The van der Waals surface area contributed by atoms with Crippen molar-refractivity contribution in [3.8, 4) is 0 Å². The molecule has 1 amide bonds. The van der Waals surface area contributed by atoms with Crippen LogP contribution >= 0.6 is 0 Å². The van der Waals surface area contributed by atoms with Gasteiger partial charge in [0.15, 0.2) is 0 Å². The number of carbonyl (C=O) groups is 2. The number of nitrogens with zero attached hydrogens (tertiary/aromatic N) is 1. The average molecular weight is 255 g/mol. The lowest BCUT2D eigenvalue weighted by molar-refractivity contribution is -0.115. The van der Waals surface area contributed by atoms with Crippen LogP contribution in [-0.4, -0.2) is 17.2 Å². The third kappa shape index (κ3) is 1.44. The Labute approximate surface area is 112 Å². The molecule has 0 saturated carbocycles. The molecule has 0 atom stereocenters. The summed E-state index contributed by atoms with van der Waals surface area (Å²) in [5.41, 5.74) is 4.19. The van der Waals surface area contributed by atoms with Gasteiger partial charge in [0, 0.05) is 5.56 Å². The van der Waals surface area contributed by atoms with E-state index in [0.717, 1.165) is 28.8 Å². The fourth-order valence-corrected chi connectivity index (χ4v) is 3.15. The van der Waals surface area contributed by atoms with Crippen molar-refractivity contribution in [1.29, 1.82) is 0 Å². The number of aryl methyl sites for hydroxylation is 1. The first-order valence-electron chi connectivity index (χ1n) is 6.62. The van der Waals surface area contributed by atoms with Gasteiger partial charge in [-0.15, -0.1) is 0 Å². The minimum absolute atomic E-state index is 0.372. The number of hydrogen-bond donors (Lipinski definition) is 0. The van der Waals surface area contributed by atoms with Crippen molar-refractivity contribution < 1.29 is 9.59 Å². The molecule has 0 bridgehead atoms. The Morgan fingerprint density at radius 3 is 2.42 bits per heavy atom. The predicted octanol–water partition coefficient (Wildman–Crippen LogP) is 2.97. The molecule has 98 valence electrons. The molecule has 0 spiro atoms. The molecule has 0 N–H and O–H groups in total. The molecule has 2 aliphatic rings. The third-order valence-corrected chi connectivity index (χ3v) is 4.01. The fourth-order valence-electron chi connectivity index (χ4n) is 3.15.